The summed E-state index contributed by atoms with van der Waals surface area (Å²) in [5.41, 5.74) is 2.45. The second-order valence-corrected chi connectivity index (χ2v) is 4.23. The first-order valence-electron chi connectivity index (χ1n) is 6.01. The van der Waals surface area contributed by atoms with Gasteiger partial charge in [-0.3, -0.25) is 0 Å². The van der Waals surface area contributed by atoms with Gasteiger partial charge < -0.3 is 10.6 Å². The van der Waals surface area contributed by atoms with Crippen molar-refractivity contribution in [1.29, 1.82) is 0 Å². The smallest absolute Gasteiger partial charge is 0.107 e. The minimum atomic E-state index is -0.319. The van der Waals surface area contributed by atoms with Crippen LogP contribution in [0.15, 0.2) is 24.3 Å². The van der Waals surface area contributed by atoms with Crippen molar-refractivity contribution in [3.63, 3.8) is 0 Å². The van der Waals surface area contributed by atoms with Crippen LogP contribution in [0.1, 0.15) is 24.3 Å². The van der Waals surface area contributed by atoms with E-state index in [0.29, 0.717) is 12.5 Å². The van der Waals surface area contributed by atoms with E-state index in [9.17, 15) is 4.39 Å². The molecule has 2 N–H and O–H groups in total. The summed E-state index contributed by atoms with van der Waals surface area (Å²) in [4.78, 5) is 0. The van der Waals surface area contributed by atoms with Gasteiger partial charge in [0.25, 0.3) is 0 Å². The molecule has 16 heavy (non-hydrogen) atoms. The van der Waals surface area contributed by atoms with Gasteiger partial charge in [-0.2, -0.15) is 0 Å². The van der Waals surface area contributed by atoms with Crippen molar-refractivity contribution in [3.8, 4) is 0 Å². The Balaban J connectivity index is 2.11. The lowest BCUT2D eigenvalue weighted by Crippen LogP contribution is -2.27. The van der Waals surface area contributed by atoms with Crippen molar-refractivity contribution in [3.05, 3.63) is 29.8 Å². The summed E-state index contributed by atoms with van der Waals surface area (Å²) in [6.45, 7) is 2.26. The molecule has 1 aromatic rings. The standard InChI is InChI=1S/C13H19FN2/c14-7-10-16-13-4-2-1-3-12(13)11-5-8-15-9-6-11/h1-4,11,15-16H,5-10H2. The van der Waals surface area contributed by atoms with Crippen LogP contribution in [-0.4, -0.2) is 26.3 Å². The quantitative estimate of drug-likeness (QED) is 0.818. The zero-order valence-corrected chi connectivity index (χ0v) is 9.51. The van der Waals surface area contributed by atoms with Crippen molar-refractivity contribution in [2.24, 2.45) is 0 Å². The highest BCUT2D eigenvalue weighted by Crippen LogP contribution is 2.30. The Labute approximate surface area is 96.2 Å². The number of halogens is 1. The molecule has 0 bridgehead atoms. The highest BCUT2D eigenvalue weighted by atomic mass is 19.1. The topological polar surface area (TPSA) is 24.1 Å². The largest absolute Gasteiger partial charge is 0.382 e. The third-order valence-corrected chi connectivity index (χ3v) is 3.15. The molecule has 0 aliphatic carbocycles. The van der Waals surface area contributed by atoms with Gasteiger partial charge in [0, 0.05) is 12.2 Å². The fraction of sp³-hybridized carbons (Fsp3) is 0.538. The Bertz CT molecular complexity index is 321. The highest BCUT2D eigenvalue weighted by molar-refractivity contribution is 5.52. The molecule has 0 aromatic heterocycles. The predicted molar refractivity (Wildman–Crippen MR) is 65.8 cm³/mol. The molecule has 0 saturated carbocycles. The van der Waals surface area contributed by atoms with Crippen LogP contribution >= 0.6 is 0 Å². The Hall–Kier alpha value is -1.09. The maximum atomic E-state index is 12.2. The molecule has 1 heterocycles. The second-order valence-electron chi connectivity index (χ2n) is 4.23. The lowest BCUT2D eigenvalue weighted by atomic mass is 9.89. The molecule has 88 valence electrons. The van der Waals surface area contributed by atoms with Crippen LogP contribution in [0.4, 0.5) is 10.1 Å². The van der Waals surface area contributed by atoms with Crippen LogP contribution in [0.5, 0.6) is 0 Å². The first kappa shape index (κ1) is 11.4. The van der Waals surface area contributed by atoms with Gasteiger partial charge >= 0.3 is 0 Å². The zero-order chi connectivity index (χ0) is 11.2. The average Bonchev–Trinajstić information content (AvgIpc) is 2.38. The molecule has 1 aliphatic heterocycles. The number of hydrogen-bond acceptors (Lipinski definition) is 2. The predicted octanol–water partition coefficient (Wildman–Crippen LogP) is 2.54. The molecule has 2 nitrogen and oxygen atoms in total. The summed E-state index contributed by atoms with van der Waals surface area (Å²) in [7, 11) is 0. The van der Waals surface area contributed by atoms with Crippen LogP contribution in [-0.2, 0) is 0 Å². The molecule has 2 rings (SSSR count). The summed E-state index contributed by atoms with van der Waals surface area (Å²) in [5, 5.41) is 6.53. The average molecular weight is 222 g/mol. The third-order valence-electron chi connectivity index (χ3n) is 3.15. The van der Waals surface area contributed by atoms with Crippen molar-refractivity contribution in [2.75, 3.05) is 31.6 Å². The second kappa shape index (κ2) is 5.85. The normalized spacial score (nSPS) is 17.3. The van der Waals surface area contributed by atoms with Gasteiger partial charge in [-0.1, -0.05) is 18.2 Å². The van der Waals surface area contributed by atoms with Crippen molar-refractivity contribution >= 4 is 5.69 Å². The number of nitrogens with one attached hydrogen (secondary N) is 2. The molecule has 1 saturated heterocycles. The molecule has 0 radical (unpaired) electrons. The first-order chi connectivity index (χ1) is 7.92. The Morgan fingerprint density at radius 3 is 2.75 bits per heavy atom. The Morgan fingerprint density at radius 1 is 1.25 bits per heavy atom. The number of alkyl halides is 1. The molecule has 0 unspecified atom stereocenters. The maximum Gasteiger partial charge on any atom is 0.107 e. The summed E-state index contributed by atoms with van der Waals surface area (Å²) in [5.74, 6) is 0.615. The van der Waals surface area contributed by atoms with E-state index in [0.717, 1.165) is 18.8 Å². The lowest BCUT2D eigenvalue weighted by Gasteiger charge is -2.25. The van der Waals surface area contributed by atoms with Crippen LogP contribution < -0.4 is 10.6 Å². The van der Waals surface area contributed by atoms with Gasteiger partial charge in [0.1, 0.15) is 6.67 Å². The third kappa shape index (κ3) is 2.73. The Morgan fingerprint density at radius 2 is 2.00 bits per heavy atom. The zero-order valence-electron chi connectivity index (χ0n) is 9.51. The summed E-state index contributed by atoms with van der Waals surface area (Å²) in [6.07, 6.45) is 2.35. The van der Waals surface area contributed by atoms with Crippen molar-refractivity contribution < 1.29 is 4.39 Å². The van der Waals surface area contributed by atoms with E-state index >= 15 is 0 Å². The maximum absolute atomic E-state index is 12.2. The Kier molecular flexibility index (Phi) is 4.17. The van der Waals surface area contributed by atoms with Gasteiger partial charge in [0.15, 0.2) is 0 Å². The van der Waals surface area contributed by atoms with Crippen LogP contribution in [0.3, 0.4) is 0 Å². The molecule has 1 aromatic carbocycles. The van der Waals surface area contributed by atoms with Gasteiger partial charge in [0.2, 0.25) is 0 Å². The van der Waals surface area contributed by atoms with Crippen molar-refractivity contribution in [1.82, 2.24) is 5.32 Å². The monoisotopic (exact) mass is 222 g/mol. The summed E-state index contributed by atoms with van der Waals surface area (Å²) in [6, 6.07) is 8.28. The fourth-order valence-electron chi connectivity index (χ4n) is 2.33. The number of rotatable bonds is 4. The lowest BCUT2D eigenvalue weighted by molar-refractivity contribution is 0.460. The SMILES string of the molecule is FCCNc1ccccc1C1CCNCC1. The van der Waals surface area contributed by atoms with E-state index in [1.165, 1.54) is 18.4 Å². The summed E-state index contributed by atoms with van der Waals surface area (Å²) < 4.78 is 12.2. The molecule has 0 spiro atoms. The van der Waals surface area contributed by atoms with Crippen molar-refractivity contribution in [2.45, 2.75) is 18.8 Å². The van der Waals surface area contributed by atoms with Crippen LogP contribution in [0.25, 0.3) is 0 Å². The van der Waals surface area contributed by atoms with E-state index in [1.54, 1.807) is 0 Å². The number of hydrogen-bond donors (Lipinski definition) is 2. The fourth-order valence-corrected chi connectivity index (χ4v) is 2.33. The summed E-state index contributed by atoms with van der Waals surface area (Å²) >= 11 is 0. The van der Waals surface area contributed by atoms with E-state index < -0.39 is 0 Å². The van der Waals surface area contributed by atoms with Crippen LogP contribution in [0, 0.1) is 0 Å². The molecule has 0 atom stereocenters. The number of para-hydroxylation sites is 1. The molecular formula is C13H19FN2. The minimum absolute atomic E-state index is 0.319. The molecule has 3 heteroatoms. The van der Waals surface area contributed by atoms with Gasteiger partial charge in [-0.15, -0.1) is 0 Å². The van der Waals surface area contributed by atoms with E-state index in [1.807, 2.05) is 12.1 Å². The molecular weight excluding hydrogens is 203 g/mol. The number of anilines is 1. The minimum Gasteiger partial charge on any atom is -0.382 e. The number of piperidine rings is 1. The first-order valence-corrected chi connectivity index (χ1v) is 6.01. The highest BCUT2D eigenvalue weighted by Gasteiger charge is 2.17. The van der Waals surface area contributed by atoms with Gasteiger partial charge in [-0.25, -0.2) is 4.39 Å². The van der Waals surface area contributed by atoms with Gasteiger partial charge in [-0.05, 0) is 43.5 Å². The molecule has 1 aliphatic rings. The van der Waals surface area contributed by atoms with Crippen LogP contribution in [0.2, 0.25) is 0 Å². The van der Waals surface area contributed by atoms with E-state index in [-0.39, 0.29) is 6.67 Å². The molecule has 0 amide bonds. The van der Waals surface area contributed by atoms with E-state index in [4.69, 9.17) is 0 Å². The molecule has 1 fully saturated rings. The number of benzene rings is 1. The van der Waals surface area contributed by atoms with E-state index in [2.05, 4.69) is 22.8 Å². The van der Waals surface area contributed by atoms with Gasteiger partial charge in [0.05, 0.1) is 0 Å².